The molecule has 6 aliphatic rings. The molecule has 1 amide bonds. The van der Waals surface area contributed by atoms with Crippen LogP contribution in [0.5, 0.6) is 5.75 Å². The van der Waals surface area contributed by atoms with Crippen molar-refractivity contribution in [2.24, 2.45) is 23.7 Å². The number of carbonyl (C=O) groups is 1. The fourth-order valence-corrected chi connectivity index (χ4v) is 8.58. The first-order valence-corrected chi connectivity index (χ1v) is 15.6. The van der Waals surface area contributed by atoms with Crippen LogP contribution >= 0.6 is 0 Å². The Kier molecular flexibility index (Phi) is 8.50. The van der Waals surface area contributed by atoms with Crippen LogP contribution in [-0.2, 0) is 19.3 Å². The van der Waals surface area contributed by atoms with Gasteiger partial charge in [-0.3, -0.25) is 9.69 Å². The number of nitrogens with zero attached hydrogens (tertiary/aromatic N) is 2. The molecule has 1 aromatic rings. The van der Waals surface area contributed by atoms with Gasteiger partial charge >= 0.3 is 0 Å². The lowest BCUT2D eigenvalue weighted by molar-refractivity contribution is -0.485. The van der Waals surface area contributed by atoms with Gasteiger partial charge in [-0.2, -0.15) is 0 Å². The molecule has 39 heavy (non-hydrogen) atoms. The van der Waals surface area contributed by atoms with Crippen molar-refractivity contribution in [1.29, 1.82) is 0 Å². The summed E-state index contributed by atoms with van der Waals surface area (Å²) in [4.78, 5) is 28.3. The van der Waals surface area contributed by atoms with E-state index in [-0.39, 0.29) is 12.0 Å². The summed E-state index contributed by atoms with van der Waals surface area (Å²) in [7, 11) is 1.83. The predicted octanol–water partition coefficient (Wildman–Crippen LogP) is 5.39. The Morgan fingerprint density at radius 2 is 1.54 bits per heavy atom. The van der Waals surface area contributed by atoms with E-state index < -0.39 is 5.79 Å². The van der Waals surface area contributed by atoms with Gasteiger partial charge in [-0.1, -0.05) is 12.1 Å². The molecular formula is C32H48N2O5. The SMILES string of the molecule is COC1(OO[C@H]2CC[C@@H](c3ccc(OCCCN4CCN(C(C)=O)CC4)cc3)CC2)C2CC3CC(C2)CC1C3. The highest BCUT2D eigenvalue weighted by Gasteiger charge is 2.60. The monoisotopic (exact) mass is 540 g/mol. The highest BCUT2D eigenvalue weighted by atomic mass is 17.2. The molecule has 0 spiro atoms. The molecule has 7 rings (SSSR count). The lowest BCUT2D eigenvalue weighted by Crippen LogP contribution is -2.60. The summed E-state index contributed by atoms with van der Waals surface area (Å²) >= 11 is 0. The van der Waals surface area contributed by atoms with Gasteiger partial charge in [0.2, 0.25) is 11.7 Å². The van der Waals surface area contributed by atoms with Gasteiger partial charge < -0.3 is 14.4 Å². The first-order chi connectivity index (χ1) is 19.0. The Bertz CT molecular complexity index is 924. The third-order valence-corrected chi connectivity index (χ3v) is 10.6. The van der Waals surface area contributed by atoms with Crippen LogP contribution in [0.15, 0.2) is 24.3 Å². The molecular weight excluding hydrogens is 492 g/mol. The third-order valence-electron chi connectivity index (χ3n) is 10.6. The molecule has 0 unspecified atom stereocenters. The van der Waals surface area contributed by atoms with Gasteiger partial charge in [-0.05, 0) is 99.7 Å². The largest absolute Gasteiger partial charge is 0.494 e. The maximum absolute atomic E-state index is 11.5. The van der Waals surface area contributed by atoms with Gasteiger partial charge in [0.15, 0.2) is 0 Å². The van der Waals surface area contributed by atoms with E-state index in [2.05, 4.69) is 29.2 Å². The number of benzene rings is 1. The Morgan fingerprint density at radius 1 is 0.897 bits per heavy atom. The molecule has 7 heteroatoms. The summed E-state index contributed by atoms with van der Waals surface area (Å²) in [5.74, 6) is 3.96. The van der Waals surface area contributed by atoms with Crippen LogP contribution in [0.25, 0.3) is 0 Å². The molecule has 1 saturated heterocycles. The van der Waals surface area contributed by atoms with Crippen LogP contribution < -0.4 is 4.74 Å². The van der Waals surface area contributed by atoms with Gasteiger partial charge in [0.1, 0.15) is 5.75 Å². The number of hydrogen-bond donors (Lipinski definition) is 0. The van der Waals surface area contributed by atoms with Crippen LogP contribution in [0.4, 0.5) is 0 Å². The van der Waals surface area contributed by atoms with Gasteiger partial charge in [0.25, 0.3) is 0 Å². The van der Waals surface area contributed by atoms with Gasteiger partial charge in [-0.25, -0.2) is 9.78 Å². The zero-order chi connectivity index (χ0) is 26.8. The fraction of sp³-hybridized carbons (Fsp3) is 0.781. The Morgan fingerprint density at radius 3 is 2.13 bits per heavy atom. The second-order valence-electron chi connectivity index (χ2n) is 13.0. The zero-order valence-electron chi connectivity index (χ0n) is 24.0. The molecule has 0 N–H and O–H groups in total. The smallest absolute Gasteiger partial charge is 0.219 e. The lowest BCUT2D eigenvalue weighted by atomic mass is 9.53. The van der Waals surface area contributed by atoms with Crippen molar-refractivity contribution in [2.75, 3.05) is 46.4 Å². The zero-order valence-corrected chi connectivity index (χ0v) is 24.0. The normalized spacial score (nSPS) is 36.3. The molecule has 1 heterocycles. The van der Waals surface area contributed by atoms with E-state index in [9.17, 15) is 4.79 Å². The van der Waals surface area contributed by atoms with E-state index in [1.807, 2.05) is 12.0 Å². The second-order valence-corrected chi connectivity index (χ2v) is 13.0. The van der Waals surface area contributed by atoms with E-state index in [1.54, 1.807) is 6.92 Å². The summed E-state index contributed by atoms with van der Waals surface area (Å²) < 4.78 is 12.1. The van der Waals surface area contributed by atoms with Crippen LogP contribution in [-0.4, -0.2) is 74.0 Å². The molecule has 1 aromatic carbocycles. The Balaban J connectivity index is 0.899. The van der Waals surface area contributed by atoms with E-state index >= 15 is 0 Å². The summed E-state index contributed by atoms with van der Waals surface area (Å²) in [5.41, 5.74) is 1.40. The Hall–Kier alpha value is -1.67. The van der Waals surface area contributed by atoms with Gasteiger partial charge in [0, 0.05) is 58.6 Å². The standard InChI is InChI=1S/C32H48N2O5/c1-23(35)34-15-13-33(14-16-34)12-3-17-37-30-8-4-26(5-9-30)27-6-10-31(11-7-27)38-39-32(36-2)28-19-24-18-25(21-28)22-29(32)20-24/h4-5,8-9,24-25,27-29,31H,3,6-7,10-22H2,1-2H3/t24?,25?,27-,28?,29?,31+,32?. The van der Waals surface area contributed by atoms with Crippen molar-refractivity contribution in [2.45, 2.75) is 88.9 Å². The average Bonchev–Trinajstić information content (AvgIpc) is 2.96. The summed E-state index contributed by atoms with van der Waals surface area (Å²) in [6, 6.07) is 8.74. The molecule has 216 valence electrons. The number of ether oxygens (including phenoxy) is 2. The highest BCUT2D eigenvalue weighted by molar-refractivity contribution is 5.73. The molecule has 4 bridgehead atoms. The maximum Gasteiger partial charge on any atom is 0.219 e. The van der Waals surface area contributed by atoms with Crippen LogP contribution in [0, 0.1) is 23.7 Å². The van der Waals surface area contributed by atoms with Crippen molar-refractivity contribution in [3.05, 3.63) is 29.8 Å². The van der Waals surface area contributed by atoms with Crippen molar-refractivity contribution in [3.8, 4) is 5.75 Å². The number of carbonyl (C=O) groups excluding carboxylic acids is 1. The maximum atomic E-state index is 11.5. The minimum Gasteiger partial charge on any atom is -0.494 e. The predicted molar refractivity (Wildman–Crippen MR) is 149 cm³/mol. The molecule has 1 aliphatic heterocycles. The average molecular weight is 541 g/mol. The molecule has 0 atom stereocenters. The summed E-state index contributed by atoms with van der Waals surface area (Å²) in [6.45, 7) is 7.01. The molecule has 0 radical (unpaired) electrons. The second kappa shape index (κ2) is 12.1. The minimum absolute atomic E-state index is 0.165. The summed E-state index contributed by atoms with van der Waals surface area (Å²) in [5, 5.41) is 0. The molecule has 0 aromatic heterocycles. The third kappa shape index (κ3) is 6.02. The van der Waals surface area contributed by atoms with Crippen LogP contribution in [0.1, 0.15) is 82.6 Å². The van der Waals surface area contributed by atoms with Crippen molar-refractivity contribution >= 4 is 5.91 Å². The number of hydrogen-bond acceptors (Lipinski definition) is 6. The van der Waals surface area contributed by atoms with Crippen LogP contribution in [0.2, 0.25) is 0 Å². The molecule has 6 fully saturated rings. The summed E-state index contributed by atoms with van der Waals surface area (Å²) in [6.07, 6.45) is 11.9. The lowest BCUT2D eigenvalue weighted by Gasteiger charge is -2.58. The van der Waals surface area contributed by atoms with E-state index in [0.717, 1.165) is 89.0 Å². The number of piperazine rings is 1. The number of rotatable bonds is 10. The van der Waals surface area contributed by atoms with E-state index in [1.165, 1.54) is 37.7 Å². The van der Waals surface area contributed by atoms with Crippen molar-refractivity contribution < 1.29 is 24.0 Å². The Labute approximate surface area is 234 Å². The first kappa shape index (κ1) is 27.5. The fourth-order valence-electron chi connectivity index (χ4n) is 8.58. The topological polar surface area (TPSA) is 60.5 Å². The molecule has 7 nitrogen and oxygen atoms in total. The first-order valence-electron chi connectivity index (χ1n) is 15.6. The van der Waals surface area contributed by atoms with Crippen molar-refractivity contribution in [1.82, 2.24) is 9.80 Å². The van der Waals surface area contributed by atoms with E-state index in [0.29, 0.717) is 17.8 Å². The minimum atomic E-state index is -0.509. The van der Waals surface area contributed by atoms with Gasteiger partial charge in [-0.15, -0.1) is 0 Å². The highest BCUT2D eigenvalue weighted by Crippen LogP contribution is 2.60. The molecule has 5 saturated carbocycles. The number of methoxy groups -OCH3 is 1. The van der Waals surface area contributed by atoms with E-state index in [4.69, 9.17) is 19.2 Å². The quantitative estimate of drug-likeness (QED) is 0.172. The van der Waals surface area contributed by atoms with Gasteiger partial charge in [0.05, 0.1) is 12.7 Å². The van der Waals surface area contributed by atoms with Crippen LogP contribution in [0.3, 0.4) is 0 Å². The van der Waals surface area contributed by atoms with Crippen molar-refractivity contribution in [3.63, 3.8) is 0 Å². The number of amides is 1. The molecule has 5 aliphatic carbocycles.